The van der Waals surface area contributed by atoms with Gasteiger partial charge in [-0.2, -0.15) is 0 Å². The van der Waals surface area contributed by atoms with Gasteiger partial charge in [0.2, 0.25) is 0 Å². The zero-order valence-corrected chi connectivity index (χ0v) is 11.2. The van der Waals surface area contributed by atoms with E-state index in [1.54, 1.807) is 11.0 Å². The maximum Gasteiger partial charge on any atom is 0.303 e. The predicted octanol–water partition coefficient (Wildman–Crippen LogP) is 1.34. The van der Waals surface area contributed by atoms with Crippen LogP contribution < -0.4 is 4.74 Å². The van der Waals surface area contributed by atoms with Gasteiger partial charge in [-0.05, 0) is 24.5 Å². The molecule has 108 valence electrons. The number of aromatic hydroxyl groups is 1. The van der Waals surface area contributed by atoms with Crippen LogP contribution in [0.2, 0.25) is 0 Å². The summed E-state index contributed by atoms with van der Waals surface area (Å²) < 4.78 is 4.97. The van der Waals surface area contributed by atoms with Gasteiger partial charge in [-0.25, -0.2) is 0 Å². The van der Waals surface area contributed by atoms with Gasteiger partial charge in [-0.3, -0.25) is 9.59 Å². The van der Waals surface area contributed by atoms with Crippen molar-refractivity contribution in [2.24, 2.45) is 5.92 Å². The Morgan fingerprint density at radius 3 is 2.80 bits per heavy atom. The van der Waals surface area contributed by atoms with Crippen LogP contribution in [0.3, 0.4) is 0 Å². The quantitative estimate of drug-likeness (QED) is 0.868. The molecule has 2 N–H and O–H groups in total. The summed E-state index contributed by atoms with van der Waals surface area (Å²) in [6.45, 7) is 0.929. The third kappa shape index (κ3) is 3.01. The Hall–Kier alpha value is -2.24. The van der Waals surface area contributed by atoms with Crippen LogP contribution in [-0.4, -0.2) is 47.2 Å². The second-order valence-electron chi connectivity index (χ2n) is 4.89. The molecule has 2 rings (SSSR count). The maximum absolute atomic E-state index is 12.3. The Morgan fingerprint density at radius 1 is 1.45 bits per heavy atom. The summed E-state index contributed by atoms with van der Waals surface area (Å²) in [7, 11) is 1.48. The van der Waals surface area contributed by atoms with Gasteiger partial charge >= 0.3 is 5.97 Å². The molecular weight excluding hydrogens is 262 g/mol. The van der Waals surface area contributed by atoms with Crippen molar-refractivity contribution in [2.75, 3.05) is 20.2 Å². The van der Waals surface area contributed by atoms with E-state index in [1.807, 2.05) is 0 Å². The fourth-order valence-corrected chi connectivity index (χ4v) is 2.42. The number of amides is 1. The van der Waals surface area contributed by atoms with Crippen molar-refractivity contribution >= 4 is 11.9 Å². The minimum absolute atomic E-state index is 0.0168. The van der Waals surface area contributed by atoms with Crippen molar-refractivity contribution < 1.29 is 24.5 Å². The molecule has 0 aliphatic carbocycles. The molecule has 1 aromatic carbocycles. The number of carbonyl (C=O) groups excluding carboxylic acids is 1. The first-order valence-corrected chi connectivity index (χ1v) is 6.39. The smallest absolute Gasteiger partial charge is 0.303 e. The number of nitrogens with zero attached hydrogens (tertiary/aromatic N) is 1. The van der Waals surface area contributed by atoms with E-state index in [4.69, 9.17) is 9.84 Å². The van der Waals surface area contributed by atoms with Crippen molar-refractivity contribution in [3.63, 3.8) is 0 Å². The van der Waals surface area contributed by atoms with Gasteiger partial charge in [0.25, 0.3) is 5.91 Å². The van der Waals surface area contributed by atoms with Gasteiger partial charge in [0.15, 0.2) is 0 Å². The lowest BCUT2D eigenvalue weighted by Crippen LogP contribution is -2.29. The van der Waals surface area contributed by atoms with Gasteiger partial charge in [-0.1, -0.05) is 0 Å². The lowest BCUT2D eigenvalue weighted by atomic mass is 10.1. The van der Waals surface area contributed by atoms with Crippen LogP contribution in [0.25, 0.3) is 0 Å². The van der Waals surface area contributed by atoms with Crippen LogP contribution >= 0.6 is 0 Å². The summed E-state index contributed by atoms with van der Waals surface area (Å²) in [5.74, 6) is -0.799. The van der Waals surface area contributed by atoms with Crippen LogP contribution in [0, 0.1) is 5.92 Å². The lowest BCUT2D eigenvalue weighted by molar-refractivity contribution is -0.138. The molecule has 1 fully saturated rings. The van der Waals surface area contributed by atoms with Crippen LogP contribution in [0.4, 0.5) is 0 Å². The monoisotopic (exact) mass is 279 g/mol. The highest BCUT2D eigenvalue weighted by Gasteiger charge is 2.29. The van der Waals surface area contributed by atoms with Gasteiger partial charge in [0, 0.05) is 25.6 Å². The van der Waals surface area contributed by atoms with Crippen molar-refractivity contribution in [1.29, 1.82) is 0 Å². The number of hydrogen-bond donors (Lipinski definition) is 2. The van der Waals surface area contributed by atoms with Crippen LogP contribution in [0.1, 0.15) is 23.2 Å². The summed E-state index contributed by atoms with van der Waals surface area (Å²) in [5.41, 5.74) is 0.210. The average Bonchev–Trinajstić information content (AvgIpc) is 2.85. The Balaban J connectivity index is 2.07. The number of methoxy groups -OCH3 is 1. The van der Waals surface area contributed by atoms with E-state index in [9.17, 15) is 14.7 Å². The number of phenolic OH excluding ortho intramolecular Hbond substituents is 1. The van der Waals surface area contributed by atoms with Crippen molar-refractivity contribution in [1.82, 2.24) is 4.90 Å². The second-order valence-corrected chi connectivity index (χ2v) is 4.89. The SMILES string of the molecule is COc1ccc(C(=O)N2CCC(CC(=O)O)C2)c(O)c1. The van der Waals surface area contributed by atoms with Gasteiger partial charge in [-0.15, -0.1) is 0 Å². The summed E-state index contributed by atoms with van der Waals surface area (Å²) in [6.07, 6.45) is 0.743. The standard InChI is InChI=1S/C14H17NO5/c1-20-10-2-3-11(12(16)7-10)14(19)15-5-4-9(8-15)6-13(17)18/h2-3,7,9,16H,4-6,8H2,1H3,(H,17,18). The van der Waals surface area contributed by atoms with Crippen molar-refractivity contribution in [3.8, 4) is 11.5 Å². The minimum Gasteiger partial charge on any atom is -0.507 e. The summed E-state index contributed by atoms with van der Waals surface area (Å²) in [5, 5.41) is 18.6. The molecule has 1 heterocycles. The Labute approximate surface area is 116 Å². The largest absolute Gasteiger partial charge is 0.507 e. The number of phenols is 1. The molecule has 1 aliphatic heterocycles. The molecule has 0 saturated carbocycles. The highest BCUT2D eigenvalue weighted by atomic mass is 16.5. The van der Waals surface area contributed by atoms with E-state index in [-0.39, 0.29) is 29.6 Å². The van der Waals surface area contributed by atoms with Crippen LogP contribution in [-0.2, 0) is 4.79 Å². The average molecular weight is 279 g/mol. The number of ether oxygens (including phenoxy) is 1. The third-order valence-electron chi connectivity index (χ3n) is 3.47. The van der Waals surface area contributed by atoms with E-state index >= 15 is 0 Å². The molecule has 1 aliphatic rings. The molecule has 6 heteroatoms. The zero-order chi connectivity index (χ0) is 14.7. The highest BCUT2D eigenvalue weighted by Crippen LogP contribution is 2.27. The first-order chi connectivity index (χ1) is 9.51. The van der Waals surface area contributed by atoms with Crippen LogP contribution in [0.5, 0.6) is 11.5 Å². The van der Waals surface area contributed by atoms with E-state index in [0.717, 1.165) is 0 Å². The summed E-state index contributed by atoms with van der Waals surface area (Å²) in [4.78, 5) is 24.5. The van der Waals surface area contributed by atoms with Gasteiger partial charge in [0.05, 0.1) is 12.7 Å². The number of carbonyl (C=O) groups is 2. The summed E-state index contributed by atoms with van der Waals surface area (Å²) >= 11 is 0. The number of likely N-dealkylation sites (tertiary alicyclic amines) is 1. The van der Waals surface area contributed by atoms with E-state index < -0.39 is 5.97 Å². The van der Waals surface area contributed by atoms with Crippen LogP contribution in [0.15, 0.2) is 18.2 Å². The molecule has 1 unspecified atom stereocenters. The number of aliphatic carboxylic acids is 1. The number of benzene rings is 1. The normalized spacial score (nSPS) is 18.1. The molecule has 1 saturated heterocycles. The molecule has 1 aromatic rings. The Morgan fingerprint density at radius 2 is 2.20 bits per heavy atom. The van der Waals surface area contributed by atoms with E-state index in [0.29, 0.717) is 25.3 Å². The molecule has 0 spiro atoms. The molecule has 1 atom stereocenters. The molecule has 0 radical (unpaired) electrons. The number of carboxylic acids is 1. The van der Waals surface area contributed by atoms with Gasteiger partial charge < -0.3 is 19.8 Å². The highest BCUT2D eigenvalue weighted by molar-refractivity contribution is 5.97. The number of rotatable bonds is 4. The number of carboxylic acid groups (broad SMARTS) is 1. The molecular formula is C14H17NO5. The zero-order valence-electron chi connectivity index (χ0n) is 11.2. The summed E-state index contributed by atoms with van der Waals surface area (Å²) in [6, 6.07) is 4.51. The number of hydrogen-bond acceptors (Lipinski definition) is 4. The molecule has 0 aromatic heterocycles. The van der Waals surface area contributed by atoms with Crippen molar-refractivity contribution in [3.05, 3.63) is 23.8 Å². The fourth-order valence-electron chi connectivity index (χ4n) is 2.42. The molecule has 1 amide bonds. The van der Waals surface area contributed by atoms with E-state index in [2.05, 4.69) is 0 Å². The Bertz CT molecular complexity index is 528. The fraction of sp³-hybridized carbons (Fsp3) is 0.429. The minimum atomic E-state index is -0.850. The third-order valence-corrected chi connectivity index (χ3v) is 3.47. The molecule has 6 nitrogen and oxygen atoms in total. The van der Waals surface area contributed by atoms with Crippen molar-refractivity contribution in [2.45, 2.75) is 12.8 Å². The lowest BCUT2D eigenvalue weighted by Gasteiger charge is -2.17. The van der Waals surface area contributed by atoms with E-state index in [1.165, 1.54) is 19.2 Å². The maximum atomic E-state index is 12.3. The predicted molar refractivity (Wildman–Crippen MR) is 70.9 cm³/mol. The molecule has 20 heavy (non-hydrogen) atoms. The second kappa shape index (κ2) is 5.81. The first-order valence-electron chi connectivity index (χ1n) is 6.39. The topological polar surface area (TPSA) is 87.1 Å². The Kier molecular flexibility index (Phi) is 4.12. The molecule has 0 bridgehead atoms. The van der Waals surface area contributed by atoms with Gasteiger partial charge in [0.1, 0.15) is 11.5 Å². The first kappa shape index (κ1) is 14.2.